The van der Waals surface area contributed by atoms with Gasteiger partial charge >= 0.3 is 0 Å². The van der Waals surface area contributed by atoms with Crippen LogP contribution in [0.4, 0.5) is 11.6 Å². The number of aromatic nitrogens is 2. The van der Waals surface area contributed by atoms with E-state index in [0.29, 0.717) is 17.3 Å². The van der Waals surface area contributed by atoms with Gasteiger partial charge in [0.25, 0.3) is 0 Å². The number of nitrogens with two attached hydrogens (primary N) is 1. The smallest absolute Gasteiger partial charge is 0.169 e. The lowest BCUT2D eigenvalue weighted by Gasteiger charge is -2.59. The Labute approximate surface area is 120 Å². The molecule has 0 aromatic carbocycles. The number of nitrogens with one attached hydrogen (secondary N) is 1. The zero-order valence-corrected chi connectivity index (χ0v) is 12.2. The quantitative estimate of drug-likeness (QED) is 0.887. The third-order valence-electron chi connectivity index (χ3n) is 6.08. The molecule has 4 bridgehead atoms. The van der Waals surface area contributed by atoms with Crippen LogP contribution in [0.3, 0.4) is 0 Å². The maximum absolute atomic E-state index is 5.92. The second-order valence-corrected chi connectivity index (χ2v) is 7.44. The molecule has 1 unspecified atom stereocenters. The largest absolute Gasteiger partial charge is 0.381 e. The first kappa shape index (κ1) is 12.4. The maximum Gasteiger partial charge on any atom is 0.169 e. The average molecular weight is 272 g/mol. The minimum atomic E-state index is 0.440. The molecule has 4 aliphatic rings. The van der Waals surface area contributed by atoms with Crippen LogP contribution >= 0.6 is 0 Å². The lowest BCUT2D eigenvalue weighted by molar-refractivity contribution is -0.0603. The summed E-state index contributed by atoms with van der Waals surface area (Å²) in [7, 11) is 0. The van der Waals surface area contributed by atoms with Gasteiger partial charge in [0.05, 0.1) is 0 Å². The van der Waals surface area contributed by atoms with E-state index in [1.807, 2.05) is 0 Å². The summed E-state index contributed by atoms with van der Waals surface area (Å²) in [6.45, 7) is 2.32. The summed E-state index contributed by atoms with van der Waals surface area (Å²) in [6.07, 6.45) is 12.0. The van der Waals surface area contributed by atoms with Crippen LogP contribution in [0.5, 0.6) is 0 Å². The number of anilines is 2. The Morgan fingerprint density at radius 3 is 2.20 bits per heavy atom. The second kappa shape index (κ2) is 4.34. The molecule has 1 heterocycles. The Morgan fingerprint density at radius 2 is 1.65 bits per heavy atom. The fourth-order valence-electron chi connectivity index (χ4n) is 5.53. The molecule has 0 amide bonds. The summed E-state index contributed by atoms with van der Waals surface area (Å²) in [6, 6.07) is 0.440. The van der Waals surface area contributed by atoms with Gasteiger partial charge < -0.3 is 11.1 Å². The van der Waals surface area contributed by atoms with Crippen molar-refractivity contribution >= 4 is 11.6 Å². The van der Waals surface area contributed by atoms with Crippen LogP contribution in [0.25, 0.3) is 0 Å². The third-order valence-corrected chi connectivity index (χ3v) is 6.08. The molecular formula is C16H24N4. The Morgan fingerprint density at radius 1 is 1.10 bits per heavy atom. The van der Waals surface area contributed by atoms with Crippen molar-refractivity contribution in [1.29, 1.82) is 0 Å². The number of nitrogens with zero attached hydrogens (tertiary/aromatic N) is 2. The van der Waals surface area contributed by atoms with E-state index in [0.717, 1.165) is 23.6 Å². The van der Waals surface area contributed by atoms with E-state index in [9.17, 15) is 0 Å². The van der Waals surface area contributed by atoms with Gasteiger partial charge in [-0.1, -0.05) is 0 Å². The van der Waals surface area contributed by atoms with Gasteiger partial charge in [-0.25, -0.2) is 9.97 Å². The van der Waals surface area contributed by atoms with Gasteiger partial charge in [0.15, 0.2) is 11.6 Å². The van der Waals surface area contributed by atoms with E-state index < -0.39 is 0 Å². The summed E-state index contributed by atoms with van der Waals surface area (Å²) in [5.74, 6) is 4.21. The maximum atomic E-state index is 5.92. The molecule has 4 aliphatic carbocycles. The van der Waals surface area contributed by atoms with E-state index in [1.54, 1.807) is 12.4 Å². The number of hydrogen-bond acceptors (Lipinski definition) is 4. The first-order chi connectivity index (χ1) is 9.64. The zero-order valence-electron chi connectivity index (χ0n) is 12.2. The highest BCUT2D eigenvalue weighted by Gasteiger charge is 2.53. The van der Waals surface area contributed by atoms with E-state index in [1.165, 1.54) is 38.5 Å². The fourth-order valence-corrected chi connectivity index (χ4v) is 5.53. The minimum absolute atomic E-state index is 0.440. The molecule has 3 N–H and O–H groups in total. The molecule has 1 aromatic rings. The highest BCUT2D eigenvalue weighted by Crippen LogP contribution is 2.61. The van der Waals surface area contributed by atoms with Gasteiger partial charge in [0.1, 0.15) is 0 Å². The monoisotopic (exact) mass is 272 g/mol. The molecule has 20 heavy (non-hydrogen) atoms. The van der Waals surface area contributed by atoms with Gasteiger partial charge in [-0.2, -0.15) is 0 Å². The molecule has 4 saturated carbocycles. The molecule has 1 atom stereocenters. The molecule has 108 valence electrons. The van der Waals surface area contributed by atoms with Crippen LogP contribution in [-0.2, 0) is 0 Å². The molecule has 0 aliphatic heterocycles. The fraction of sp³-hybridized carbons (Fsp3) is 0.750. The summed E-state index contributed by atoms with van der Waals surface area (Å²) in [4.78, 5) is 8.48. The topological polar surface area (TPSA) is 63.8 Å². The van der Waals surface area contributed by atoms with Crippen molar-refractivity contribution < 1.29 is 0 Å². The Bertz CT molecular complexity index is 478. The van der Waals surface area contributed by atoms with Crippen LogP contribution in [0.1, 0.15) is 45.4 Å². The third kappa shape index (κ3) is 1.88. The van der Waals surface area contributed by atoms with Gasteiger partial charge in [0.2, 0.25) is 0 Å². The molecule has 0 saturated heterocycles. The van der Waals surface area contributed by atoms with Crippen LogP contribution in [0.2, 0.25) is 0 Å². The average Bonchev–Trinajstić information content (AvgIpc) is 2.40. The zero-order chi connectivity index (χ0) is 13.7. The van der Waals surface area contributed by atoms with E-state index in [4.69, 9.17) is 5.73 Å². The Hall–Kier alpha value is -1.32. The molecule has 4 nitrogen and oxygen atoms in total. The first-order valence-corrected chi connectivity index (χ1v) is 7.98. The Balaban J connectivity index is 1.56. The lowest BCUT2D eigenvalue weighted by Crippen LogP contribution is -2.53. The molecule has 4 heteroatoms. The summed E-state index contributed by atoms with van der Waals surface area (Å²) < 4.78 is 0. The summed E-state index contributed by atoms with van der Waals surface area (Å²) >= 11 is 0. The number of rotatable bonds is 3. The predicted molar refractivity (Wildman–Crippen MR) is 80.1 cm³/mol. The van der Waals surface area contributed by atoms with Crippen molar-refractivity contribution in [3.63, 3.8) is 0 Å². The van der Waals surface area contributed by atoms with Crippen molar-refractivity contribution in [3.8, 4) is 0 Å². The van der Waals surface area contributed by atoms with Crippen molar-refractivity contribution in [2.24, 2.45) is 23.2 Å². The second-order valence-electron chi connectivity index (χ2n) is 7.44. The van der Waals surface area contributed by atoms with Crippen molar-refractivity contribution in [2.75, 3.05) is 11.1 Å². The van der Waals surface area contributed by atoms with Crippen LogP contribution in [-0.4, -0.2) is 16.0 Å². The normalized spacial score (nSPS) is 39.8. The van der Waals surface area contributed by atoms with E-state index in [-0.39, 0.29) is 0 Å². The van der Waals surface area contributed by atoms with Crippen LogP contribution < -0.4 is 11.1 Å². The predicted octanol–water partition coefficient (Wildman–Crippen LogP) is 3.08. The van der Waals surface area contributed by atoms with Crippen molar-refractivity contribution in [3.05, 3.63) is 12.4 Å². The standard InChI is InChI=1S/C16H24N4/c1-10(20-15-14(17)18-2-3-19-15)16-7-11-4-12(8-16)6-13(5-11)9-16/h2-3,10-13H,4-9H2,1H3,(H2,17,18)(H,19,20). The van der Waals surface area contributed by atoms with E-state index in [2.05, 4.69) is 22.2 Å². The number of hydrogen-bond donors (Lipinski definition) is 2. The van der Waals surface area contributed by atoms with Gasteiger partial charge in [-0.3, -0.25) is 0 Å². The molecule has 0 radical (unpaired) electrons. The lowest BCUT2D eigenvalue weighted by atomic mass is 9.48. The van der Waals surface area contributed by atoms with Crippen LogP contribution in [0.15, 0.2) is 12.4 Å². The highest BCUT2D eigenvalue weighted by atomic mass is 15.1. The molecule has 0 spiro atoms. The SMILES string of the molecule is CC(Nc1nccnc1N)C12CC3CC(CC(C3)C1)C2. The van der Waals surface area contributed by atoms with Crippen molar-refractivity contribution in [2.45, 2.75) is 51.5 Å². The Kier molecular flexibility index (Phi) is 2.69. The minimum Gasteiger partial charge on any atom is -0.381 e. The van der Waals surface area contributed by atoms with Crippen LogP contribution in [0, 0.1) is 23.2 Å². The van der Waals surface area contributed by atoms with Gasteiger partial charge in [-0.15, -0.1) is 0 Å². The highest BCUT2D eigenvalue weighted by molar-refractivity contribution is 5.55. The molecular weight excluding hydrogens is 248 g/mol. The molecule has 4 fully saturated rings. The first-order valence-electron chi connectivity index (χ1n) is 7.98. The number of nitrogen functional groups attached to an aromatic ring is 1. The summed E-state index contributed by atoms with van der Waals surface area (Å²) in [5, 5.41) is 3.57. The molecule has 5 rings (SSSR count). The van der Waals surface area contributed by atoms with Gasteiger partial charge in [-0.05, 0) is 68.6 Å². The molecule has 1 aromatic heterocycles. The summed E-state index contributed by atoms with van der Waals surface area (Å²) in [5.41, 5.74) is 6.40. The van der Waals surface area contributed by atoms with Crippen molar-refractivity contribution in [1.82, 2.24) is 9.97 Å². The van der Waals surface area contributed by atoms with Gasteiger partial charge in [0, 0.05) is 18.4 Å². The van der Waals surface area contributed by atoms with E-state index >= 15 is 0 Å².